The summed E-state index contributed by atoms with van der Waals surface area (Å²) in [5.41, 5.74) is 1.52. The molecule has 0 radical (unpaired) electrons. The minimum atomic E-state index is -0.393. The van der Waals surface area contributed by atoms with E-state index in [1.54, 1.807) is 6.92 Å². The van der Waals surface area contributed by atoms with Crippen LogP contribution in [0.25, 0.3) is 11.1 Å². The Balaban J connectivity index is 2.11. The Bertz CT molecular complexity index is 784. The third kappa shape index (κ3) is 3.29. The van der Waals surface area contributed by atoms with Gasteiger partial charge in [0, 0.05) is 19.6 Å². The number of pyridine rings is 1. The molecule has 2 aromatic rings. The molecule has 0 aliphatic carbocycles. The number of nitrogens with one attached hydrogen (secondary N) is 1. The number of amides is 1. The number of morpholine rings is 1. The Morgan fingerprint density at radius 2 is 2.08 bits per heavy atom. The number of carbonyl (C=O) groups is 1. The Kier molecular flexibility index (Phi) is 5.12. The average molecular weight is 369 g/mol. The first-order valence-corrected chi connectivity index (χ1v) is 8.61. The third-order valence-electron chi connectivity index (χ3n) is 4.03. The summed E-state index contributed by atoms with van der Waals surface area (Å²) in [4.78, 5) is 18.5. The zero-order chi connectivity index (χ0) is 18.1. The van der Waals surface area contributed by atoms with E-state index in [1.807, 2.05) is 18.7 Å². The van der Waals surface area contributed by atoms with Crippen molar-refractivity contribution in [1.82, 2.24) is 15.5 Å². The number of halogens is 1. The van der Waals surface area contributed by atoms with Crippen LogP contribution in [0.5, 0.6) is 0 Å². The molecule has 3 rings (SSSR count). The minimum Gasteiger partial charge on any atom is -0.390 e. The Labute approximate surface area is 150 Å². The second-order valence-electron chi connectivity index (χ2n) is 6.11. The molecule has 1 fully saturated rings. The number of hydrogen-bond donors (Lipinski definition) is 2. The summed E-state index contributed by atoms with van der Waals surface area (Å²) in [5, 5.41) is 16.6. The number of aromatic nitrogens is 2. The van der Waals surface area contributed by atoms with Crippen LogP contribution in [-0.4, -0.2) is 53.0 Å². The second-order valence-corrected chi connectivity index (χ2v) is 6.49. The highest BCUT2D eigenvalue weighted by molar-refractivity contribution is 6.37. The fraction of sp³-hybridized carbons (Fsp3) is 0.562. The van der Waals surface area contributed by atoms with Gasteiger partial charge in [-0.2, -0.15) is 0 Å². The van der Waals surface area contributed by atoms with Crippen LogP contribution in [0.3, 0.4) is 0 Å². The highest BCUT2D eigenvalue weighted by Gasteiger charge is 2.30. The number of anilines is 1. The van der Waals surface area contributed by atoms with Crippen molar-refractivity contribution in [3.05, 3.63) is 16.4 Å². The van der Waals surface area contributed by atoms with E-state index in [4.69, 9.17) is 20.9 Å². The van der Waals surface area contributed by atoms with Gasteiger partial charge in [0.25, 0.3) is 5.91 Å². The van der Waals surface area contributed by atoms with Gasteiger partial charge in [0.15, 0.2) is 5.69 Å². The molecule has 25 heavy (non-hydrogen) atoms. The average Bonchev–Trinajstić information content (AvgIpc) is 2.98. The van der Waals surface area contributed by atoms with Crippen molar-refractivity contribution in [3.8, 4) is 0 Å². The quantitative estimate of drug-likeness (QED) is 0.847. The lowest BCUT2D eigenvalue weighted by Crippen LogP contribution is -2.46. The van der Waals surface area contributed by atoms with Crippen LogP contribution >= 0.6 is 11.6 Å². The molecule has 0 aromatic carbocycles. The van der Waals surface area contributed by atoms with E-state index < -0.39 is 5.91 Å². The zero-order valence-electron chi connectivity index (χ0n) is 14.4. The van der Waals surface area contributed by atoms with Gasteiger partial charge in [0.05, 0.1) is 30.2 Å². The number of nitrogens with zero attached hydrogens (tertiary/aromatic N) is 3. The van der Waals surface area contributed by atoms with Crippen LogP contribution in [0.1, 0.15) is 37.0 Å². The molecular formula is C16H21ClN4O4. The van der Waals surface area contributed by atoms with Gasteiger partial charge in [-0.3, -0.25) is 4.79 Å². The molecule has 1 saturated heterocycles. The molecule has 0 bridgehead atoms. The van der Waals surface area contributed by atoms with E-state index in [1.165, 1.54) is 0 Å². The van der Waals surface area contributed by atoms with Gasteiger partial charge in [0.2, 0.25) is 5.58 Å². The van der Waals surface area contributed by atoms with Crippen molar-refractivity contribution < 1.29 is 19.2 Å². The van der Waals surface area contributed by atoms with Gasteiger partial charge in [-0.1, -0.05) is 16.8 Å². The molecule has 1 amide bonds. The van der Waals surface area contributed by atoms with Crippen LogP contribution in [0.15, 0.2) is 4.52 Å². The van der Waals surface area contributed by atoms with Crippen LogP contribution in [0.4, 0.5) is 5.69 Å². The highest BCUT2D eigenvalue weighted by atomic mass is 35.5. The molecular weight excluding hydrogens is 348 g/mol. The lowest BCUT2D eigenvalue weighted by molar-refractivity contribution is -0.00533. The van der Waals surface area contributed by atoms with E-state index in [2.05, 4.69) is 15.5 Å². The van der Waals surface area contributed by atoms with Crippen molar-refractivity contribution in [3.63, 3.8) is 0 Å². The predicted molar refractivity (Wildman–Crippen MR) is 93.0 cm³/mol. The van der Waals surface area contributed by atoms with Crippen molar-refractivity contribution in [2.45, 2.75) is 39.6 Å². The molecule has 0 saturated carbocycles. The Hall–Kier alpha value is -1.90. The topological polar surface area (TPSA) is 101 Å². The smallest absolute Gasteiger partial charge is 0.275 e. The first kappa shape index (κ1) is 17.9. The van der Waals surface area contributed by atoms with Crippen molar-refractivity contribution in [2.75, 3.05) is 24.5 Å². The van der Waals surface area contributed by atoms with Gasteiger partial charge in [-0.15, -0.1) is 0 Å². The van der Waals surface area contributed by atoms with Crippen LogP contribution in [0, 0.1) is 0 Å². The van der Waals surface area contributed by atoms with Crippen LogP contribution < -0.4 is 10.2 Å². The van der Waals surface area contributed by atoms with E-state index in [9.17, 15) is 9.90 Å². The summed E-state index contributed by atoms with van der Waals surface area (Å²) < 4.78 is 11.0. The maximum Gasteiger partial charge on any atom is 0.275 e. The number of carbonyl (C=O) groups excluding carboxylic acids is 1. The van der Waals surface area contributed by atoms with Crippen molar-refractivity contribution >= 4 is 34.3 Å². The maximum absolute atomic E-state index is 12.1. The number of aliphatic hydroxyl groups is 1. The Morgan fingerprint density at radius 1 is 1.40 bits per heavy atom. The summed E-state index contributed by atoms with van der Waals surface area (Å²) >= 11 is 6.55. The minimum absolute atomic E-state index is 0.0164. The SMILES string of the molecule is CCNC(=O)c1noc2c(Cl)c(N3C[C@@H](C)O[C@@H](C)C3)c(CO)nc12. The molecule has 2 aromatic heterocycles. The lowest BCUT2D eigenvalue weighted by atomic mass is 10.1. The van der Waals surface area contributed by atoms with E-state index >= 15 is 0 Å². The number of rotatable bonds is 4. The first-order valence-electron chi connectivity index (χ1n) is 8.23. The number of ether oxygens (including phenoxy) is 1. The van der Waals surface area contributed by atoms with Gasteiger partial charge < -0.3 is 24.6 Å². The van der Waals surface area contributed by atoms with E-state index in [0.29, 0.717) is 36.0 Å². The normalized spacial score (nSPS) is 20.9. The Morgan fingerprint density at radius 3 is 2.68 bits per heavy atom. The largest absolute Gasteiger partial charge is 0.390 e. The molecule has 2 N–H and O–H groups in total. The molecule has 1 aliphatic heterocycles. The molecule has 2 atom stereocenters. The molecule has 0 unspecified atom stereocenters. The fourth-order valence-corrected chi connectivity index (χ4v) is 3.49. The molecule has 9 heteroatoms. The molecule has 3 heterocycles. The summed E-state index contributed by atoms with van der Waals surface area (Å²) in [6.07, 6.45) is 0.0327. The van der Waals surface area contributed by atoms with Crippen LogP contribution in [-0.2, 0) is 11.3 Å². The third-order valence-corrected chi connectivity index (χ3v) is 4.38. The molecule has 8 nitrogen and oxygen atoms in total. The summed E-state index contributed by atoms with van der Waals surface area (Å²) in [6, 6.07) is 0. The summed E-state index contributed by atoms with van der Waals surface area (Å²) in [7, 11) is 0. The summed E-state index contributed by atoms with van der Waals surface area (Å²) in [5.74, 6) is -0.393. The number of aliphatic hydroxyl groups excluding tert-OH is 1. The molecule has 136 valence electrons. The monoisotopic (exact) mass is 368 g/mol. The zero-order valence-corrected chi connectivity index (χ0v) is 15.1. The van der Waals surface area contributed by atoms with Gasteiger partial charge >= 0.3 is 0 Å². The van der Waals surface area contributed by atoms with E-state index in [-0.39, 0.29) is 35.6 Å². The van der Waals surface area contributed by atoms with Gasteiger partial charge in [-0.25, -0.2) is 4.98 Å². The predicted octanol–water partition coefficient (Wildman–Crippen LogP) is 1.73. The van der Waals surface area contributed by atoms with Crippen LogP contribution in [0.2, 0.25) is 5.02 Å². The van der Waals surface area contributed by atoms with Crippen molar-refractivity contribution in [2.24, 2.45) is 0 Å². The lowest BCUT2D eigenvalue weighted by Gasteiger charge is -2.37. The standard InChI is InChI=1S/C16H21ClN4O4/c1-4-18-16(23)13-12-15(25-20-13)11(17)14(10(7-22)19-12)21-5-8(2)24-9(3)6-21/h8-9,22H,4-7H2,1-3H3,(H,18,23)/t8-,9+. The second kappa shape index (κ2) is 7.15. The first-order chi connectivity index (χ1) is 12.0. The molecule has 0 spiro atoms. The highest BCUT2D eigenvalue weighted by Crippen LogP contribution is 2.37. The number of hydrogen-bond acceptors (Lipinski definition) is 7. The number of fused-ring (bicyclic) bond motifs is 1. The van der Waals surface area contributed by atoms with Crippen molar-refractivity contribution in [1.29, 1.82) is 0 Å². The summed E-state index contributed by atoms with van der Waals surface area (Å²) in [6.45, 7) is 7.12. The van der Waals surface area contributed by atoms with Gasteiger partial charge in [-0.05, 0) is 20.8 Å². The molecule has 1 aliphatic rings. The maximum atomic E-state index is 12.1. The van der Waals surface area contributed by atoms with E-state index in [0.717, 1.165) is 0 Å². The fourth-order valence-electron chi connectivity index (χ4n) is 3.14. The van der Waals surface area contributed by atoms with Gasteiger partial charge in [0.1, 0.15) is 10.5 Å².